The van der Waals surface area contributed by atoms with Gasteiger partial charge in [0.05, 0.1) is 6.26 Å². The Kier molecular flexibility index (Phi) is 6.34. The highest BCUT2D eigenvalue weighted by Gasteiger charge is 2.03. The third-order valence-corrected chi connectivity index (χ3v) is 3.98. The molecule has 2 rings (SSSR count). The zero-order chi connectivity index (χ0) is 17.4. The highest BCUT2D eigenvalue weighted by atomic mass is 32.2. The monoisotopic (exact) mass is 347 g/mol. The fourth-order valence-corrected chi connectivity index (χ4v) is 2.61. The number of amides is 2. The van der Waals surface area contributed by atoms with Crippen molar-refractivity contribution in [3.8, 4) is 11.1 Å². The SMILES string of the molecule is CS(=O)(=O)NCCCNC(=O)Nc1ccc(-c2ccccc2)cc1. The van der Waals surface area contributed by atoms with Gasteiger partial charge in [0.25, 0.3) is 0 Å². The Morgan fingerprint density at radius 3 is 2.17 bits per heavy atom. The predicted molar refractivity (Wildman–Crippen MR) is 96.4 cm³/mol. The number of anilines is 1. The highest BCUT2D eigenvalue weighted by Crippen LogP contribution is 2.20. The Bertz CT molecular complexity index is 759. The lowest BCUT2D eigenvalue weighted by Gasteiger charge is -2.09. The molecule has 0 heterocycles. The van der Waals surface area contributed by atoms with Crippen LogP contribution in [-0.4, -0.2) is 33.8 Å². The second kappa shape index (κ2) is 8.47. The first-order valence-electron chi connectivity index (χ1n) is 7.59. The van der Waals surface area contributed by atoms with Crippen LogP contribution in [0.15, 0.2) is 54.6 Å². The summed E-state index contributed by atoms with van der Waals surface area (Å²) in [7, 11) is -3.18. The summed E-state index contributed by atoms with van der Waals surface area (Å²) in [5.74, 6) is 0. The van der Waals surface area contributed by atoms with E-state index in [0.717, 1.165) is 17.4 Å². The van der Waals surface area contributed by atoms with Gasteiger partial charge in [0.2, 0.25) is 10.0 Å². The van der Waals surface area contributed by atoms with E-state index in [9.17, 15) is 13.2 Å². The minimum absolute atomic E-state index is 0.297. The molecule has 0 radical (unpaired) electrons. The minimum Gasteiger partial charge on any atom is -0.338 e. The van der Waals surface area contributed by atoms with E-state index in [1.807, 2.05) is 54.6 Å². The summed E-state index contributed by atoms with van der Waals surface area (Å²) in [6.07, 6.45) is 1.62. The molecule has 24 heavy (non-hydrogen) atoms. The average Bonchev–Trinajstić information content (AvgIpc) is 2.55. The first kappa shape index (κ1) is 18.0. The molecule has 128 valence electrons. The van der Waals surface area contributed by atoms with Crippen LogP contribution in [0.2, 0.25) is 0 Å². The van der Waals surface area contributed by atoms with E-state index in [4.69, 9.17) is 0 Å². The molecule has 0 spiro atoms. The largest absolute Gasteiger partial charge is 0.338 e. The topological polar surface area (TPSA) is 87.3 Å². The lowest BCUT2D eigenvalue weighted by molar-refractivity contribution is 0.252. The van der Waals surface area contributed by atoms with Crippen LogP contribution in [0, 0.1) is 0 Å². The molecule has 0 saturated carbocycles. The number of urea groups is 1. The maximum absolute atomic E-state index is 11.8. The normalized spacial score (nSPS) is 11.0. The Hall–Kier alpha value is -2.38. The molecule has 0 fully saturated rings. The van der Waals surface area contributed by atoms with Crippen LogP contribution in [0.4, 0.5) is 10.5 Å². The van der Waals surface area contributed by atoms with Gasteiger partial charge in [-0.15, -0.1) is 0 Å². The summed E-state index contributed by atoms with van der Waals surface area (Å²) in [5, 5.41) is 5.42. The summed E-state index contributed by atoms with van der Waals surface area (Å²) in [6.45, 7) is 0.682. The molecule has 0 aromatic heterocycles. The van der Waals surface area contributed by atoms with Crippen LogP contribution < -0.4 is 15.4 Å². The Balaban J connectivity index is 1.76. The Labute approximate surface area is 142 Å². The van der Waals surface area contributed by atoms with Crippen LogP contribution >= 0.6 is 0 Å². The van der Waals surface area contributed by atoms with Gasteiger partial charge in [-0.3, -0.25) is 0 Å². The molecule has 2 amide bonds. The molecule has 0 aliphatic carbocycles. The molecule has 7 heteroatoms. The van der Waals surface area contributed by atoms with Crippen molar-refractivity contribution in [1.82, 2.24) is 10.0 Å². The third kappa shape index (κ3) is 6.39. The minimum atomic E-state index is -3.18. The van der Waals surface area contributed by atoms with Crippen molar-refractivity contribution in [3.05, 3.63) is 54.6 Å². The number of benzene rings is 2. The summed E-state index contributed by atoms with van der Waals surface area (Å²) >= 11 is 0. The van der Waals surface area contributed by atoms with E-state index >= 15 is 0 Å². The zero-order valence-corrected chi connectivity index (χ0v) is 14.3. The van der Waals surface area contributed by atoms with Gasteiger partial charge >= 0.3 is 6.03 Å². The van der Waals surface area contributed by atoms with Crippen molar-refractivity contribution >= 4 is 21.7 Å². The van der Waals surface area contributed by atoms with Gasteiger partial charge < -0.3 is 10.6 Å². The van der Waals surface area contributed by atoms with Crippen molar-refractivity contribution in [2.24, 2.45) is 0 Å². The number of rotatable bonds is 7. The van der Waals surface area contributed by atoms with E-state index in [1.165, 1.54) is 0 Å². The smallest absolute Gasteiger partial charge is 0.319 e. The van der Waals surface area contributed by atoms with E-state index in [1.54, 1.807) is 0 Å². The molecular weight excluding hydrogens is 326 g/mol. The van der Waals surface area contributed by atoms with E-state index < -0.39 is 10.0 Å². The molecular formula is C17H21N3O3S. The summed E-state index contributed by atoms with van der Waals surface area (Å²) in [6, 6.07) is 17.2. The fourth-order valence-electron chi connectivity index (χ4n) is 2.10. The number of hydrogen-bond donors (Lipinski definition) is 3. The molecule has 0 saturated heterocycles. The first-order valence-corrected chi connectivity index (χ1v) is 9.48. The number of sulfonamides is 1. The van der Waals surface area contributed by atoms with Gasteiger partial charge in [-0.05, 0) is 29.7 Å². The van der Waals surface area contributed by atoms with Crippen molar-refractivity contribution in [2.45, 2.75) is 6.42 Å². The van der Waals surface area contributed by atoms with E-state index in [2.05, 4.69) is 15.4 Å². The molecule has 6 nitrogen and oxygen atoms in total. The maximum atomic E-state index is 11.8. The van der Waals surface area contributed by atoms with E-state index in [-0.39, 0.29) is 6.03 Å². The third-order valence-electron chi connectivity index (χ3n) is 3.25. The second-order valence-corrected chi connectivity index (χ2v) is 7.18. The molecule has 0 bridgehead atoms. The molecule has 0 atom stereocenters. The summed E-state index contributed by atoms with van der Waals surface area (Å²) in [4.78, 5) is 11.8. The number of hydrogen-bond acceptors (Lipinski definition) is 3. The fraction of sp³-hybridized carbons (Fsp3) is 0.235. The lowest BCUT2D eigenvalue weighted by Crippen LogP contribution is -2.32. The number of carbonyl (C=O) groups is 1. The second-order valence-electron chi connectivity index (χ2n) is 5.34. The quantitative estimate of drug-likeness (QED) is 0.672. The van der Waals surface area contributed by atoms with Gasteiger partial charge in [-0.25, -0.2) is 17.9 Å². The Morgan fingerprint density at radius 2 is 1.54 bits per heavy atom. The van der Waals surface area contributed by atoms with Crippen molar-refractivity contribution in [2.75, 3.05) is 24.7 Å². The maximum Gasteiger partial charge on any atom is 0.319 e. The molecule has 0 aliphatic heterocycles. The lowest BCUT2D eigenvalue weighted by atomic mass is 10.1. The van der Waals surface area contributed by atoms with Crippen LogP contribution in [0.25, 0.3) is 11.1 Å². The van der Waals surface area contributed by atoms with Gasteiger partial charge in [0.1, 0.15) is 0 Å². The zero-order valence-electron chi connectivity index (χ0n) is 13.5. The average molecular weight is 347 g/mol. The van der Waals surface area contributed by atoms with Crippen LogP contribution in [0.1, 0.15) is 6.42 Å². The molecule has 0 aliphatic rings. The molecule has 2 aromatic carbocycles. The molecule has 2 aromatic rings. The predicted octanol–water partition coefficient (Wildman–Crippen LogP) is 2.41. The number of carbonyl (C=O) groups excluding carboxylic acids is 1. The van der Waals surface area contributed by atoms with Crippen molar-refractivity contribution < 1.29 is 13.2 Å². The molecule has 3 N–H and O–H groups in total. The first-order chi connectivity index (χ1) is 11.4. The van der Waals surface area contributed by atoms with Crippen LogP contribution in [0.3, 0.4) is 0 Å². The van der Waals surface area contributed by atoms with Crippen LogP contribution in [-0.2, 0) is 10.0 Å². The van der Waals surface area contributed by atoms with Crippen LogP contribution in [0.5, 0.6) is 0 Å². The number of nitrogens with one attached hydrogen (secondary N) is 3. The van der Waals surface area contributed by atoms with Gasteiger partial charge in [0.15, 0.2) is 0 Å². The van der Waals surface area contributed by atoms with Crippen molar-refractivity contribution in [3.63, 3.8) is 0 Å². The Morgan fingerprint density at radius 1 is 0.917 bits per heavy atom. The summed E-state index contributed by atoms with van der Waals surface area (Å²) < 4.78 is 24.1. The summed E-state index contributed by atoms with van der Waals surface area (Å²) in [5.41, 5.74) is 2.89. The van der Waals surface area contributed by atoms with Crippen molar-refractivity contribution in [1.29, 1.82) is 0 Å². The van der Waals surface area contributed by atoms with Gasteiger partial charge in [-0.2, -0.15) is 0 Å². The van der Waals surface area contributed by atoms with E-state index in [0.29, 0.717) is 25.2 Å². The van der Waals surface area contributed by atoms with Gasteiger partial charge in [0, 0.05) is 18.8 Å². The standard InChI is InChI=1S/C17H21N3O3S/c1-24(22,23)19-13-5-12-18-17(21)20-16-10-8-15(9-11-16)14-6-3-2-4-7-14/h2-4,6-11,19H,5,12-13H2,1H3,(H2,18,20,21). The molecule has 0 unspecified atom stereocenters. The highest BCUT2D eigenvalue weighted by molar-refractivity contribution is 7.88. The van der Waals surface area contributed by atoms with Gasteiger partial charge in [-0.1, -0.05) is 42.5 Å².